The van der Waals surface area contributed by atoms with Crippen molar-refractivity contribution in [2.75, 3.05) is 33.3 Å². The molecule has 1 fully saturated rings. The molecule has 7 nitrogen and oxygen atoms in total. The van der Waals surface area contributed by atoms with Gasteiger partial charge in [0.25, 0.3) is 0 Å². The lowest BCUT2D eigenvalue weighted by atomic mass is 10.1. The highest BCUT2D eigenvalue weighted by Gasteiger charge is 2.23. The van der Waals surface area contributed by atoms with Crippen molar-refractivity contribution in [3.63, 3.8) is 0 Å². The minimum Gasteiger partial charge on any atom is -0.496 e. The van der Waals surface area contributed by atoms with Crippen molar-refractivity contribution in [3.05, 3.63) is 66.1 Å². The Labute approximate surface area is 176 Å². The summed E-state index contributed by atoms with van der Waals surface area (Å²) in [5, 5.41) is 4.64. The Morgan fingerprint density at radius 1 is 1.07 bits per heavy atom. The average Bonchev–Trinajstić information content (AvgIpc) is 3.15. The van der Waals surface area contributed by atoms with Gasteiger partial charge in [0.15, 0.2) is 0 Å². The lowest BCUT2D eigenvalue weighted by molar-refractivity contribution is -0.132. The number of carbonyl (C=O) groups is 1. The summed E-state index contributed by atoms with van der Waals surface area (Å²) >= 11 is 0. The van der Waals surface area contributed by atoms with Crippen molar-refractivity contribution in [1.29, 1.82) is 0 Å². The van der Waals surface area contributed by atoms with Crippen molar-refractivity contribution in [2.24, 2.45) is 7.05 Å². The van der Waals surface area contributed by atoms with E-state index in [0.29, 0.717) is 6.42 Å². The third-order valence-corrected chi connectivity index (χ3v) is 5.60. The molecule has 0 N–H and O–H groups in total. The molecule has 2 aromatic heterocycles. The molecule has 1 aliphatic heterocycles. The van der Waals surface area contributed by atoms with Gasteiger partial charge in [-0.1, -0.05) is 18.2 Å². The van der Waals surface area contributed by atoms with Gasteiger partial charge in [-0.25, -0.2) is 0 Å². The topological polar surface area (TPSA) is 63.5 Å². The molecule has 156 valence electrons. The van der Waals surface area contributed by atoms with Crippen molar-refractivity contribution < 1.29 is 9.53 Å². The van der Waals surface area contributed by atoms with Crippen molar-refractivity contribution in [3.8, 4) is 17.0 Å². The molecular weight excluding hydrogens is 378 g/mol. The second-order valence-corrected chi connectivity index (χ2v) is 7.53. The minimum atomic E-state index is 0.152. The van der Waals surface area contributed by atoms with Crippen LogP contribution in [0.1, 0.15) is 11.3 Å². The summed E-state index contributed by atoms with van der Waals surface area (Å²) in [6, 6.07) is 13.8. The summed E-state index contributed by atoms with van der Waals surface area (Å²) in [7, 11) is 3.62. The second-order valence-electron chi connectivity index (χ2n) is 7.53. The van der Waals surface area contributed by atoms with Gasteiger partial charge in [0, 0.05) is 63.3 Å². The van der Waals surface area contributed by atoms with E-state index in [1.165, 1.54) is 0 Å². The number of rotatable bonds is 6. The molecule has 1 amide bonds. The fourth-order valence-corrected chi connectivity index (χ4v) is 3.83. The zero-order chi connectivity index (χ0) is 20.9. The summed E-state index contributed by atoms with van der Waals surface area (Å²) in [4.78, 5) is 21.1. The Kier molecular flexibility index (Phi) is 6.09. The van der Waals surface area contributed by atoms with Gasteiger partial charge >= 0.3 is 0 Å². The Bertz CT molecular complexity index is 994. The van der Waals surface area contributed by atoms with Gasteiger partial charge in [0.2, 0.25) is 5.91 Å². The molecule has 0 aliphatic carbocycles. The summed E-state index contributed by atoms with van der Waals surface area (Å²) < 4.78 is 7.31. The van der Waals surface area contributed by atoms with Crippen LogP contribution >= 0.6 is 0 Å². The monoisotopic (exact) mass is 405 g/mol. The van der Waals surface area contributed by atoms with E-state index in [9.17, 15) is 4.79 Å². The molecule has 0 unspecified atom stereocenters. The van der Waals surface area contributed by atoms with Crippen molar-refractivity contribution in [1.82, 2.24) is 24.6 Å². The lowest BCUT2D eigenvalue weighted by Crippen LogP contribution is -2.48. The Balaban J connectivity index is 1.33. The summed E-state index contributed by atoms with van der Waals surface area (Å²) in [6.07, 6.45) is 3.94. The Hall–Kier alpha value is -3.19. The van der Waals surface area contributed by atoms with E-state index >= 15 is 0 Å². The van der Waals surface area contributed by atoms with E-state index < -0.39 is 0 Å². The van der Waals surface area contributed by atoms with Crippen LogP contribution < -0.4 is 4.74 Å². The van der Waals surface area contributed by atoms with Gasteiger partial charge in [0.1, 0.15) is 5.75 Å². The van der Waals surface area contributed by atoms with Crippen LogP contribution in [0, 0.1) is 0 Å². The summed E-state index contributed by atoms with van der Waals surface area (Å²) in [5.41, 5.74) is 4.13. The van der Waals surface area contributed by atoms with E-state index in [1.54, 1.807) is 19.5 Å². The van der Waals surface area contributed by atoms with E-state index in [0.717, 1.165) is 61.0 Å². The largest absolute Gasteiger partial charge is 0.496 e. The second kappa shape index (κ2) is 9.09. The number of hydrogen-bond donors (Lipinski definition) is 0. The van der Waals surface area contributed by atoms with Crippen molar-refractivity contribution in [2.45, 2.75) is 13.0 Å². The first kappa shape index (κ1) is 20.1. The van der Waals surface area contributed by atoms with Crippen LogP contribution in [0.2, 0.25) is 0 Å². The van der Waals surface area contributed by atoms with Gasteiger partial charge in [-0.05, 0) is 24.3 Å². The molecule has 0 atom stereocenters. The highest BCUT2D eigenvalue weighted by atomic mass is 16.5. The maximum atomic E-state index is 12.7. The van der Waals surface area contributed by atoms with Crippen LogP contribution in [0.15, 0.2) is 54.9 Å². The standard InChI is InChI=1S/C23H27N5O2/c1-26-20(16-21(25-26)18-7-9-24-10-8-18)17-27-11-13-28(14-12-27)23(29)15-19-5-3-4-6-22(19)30-2/h3-10,16H,11-15,17H2,1-2H3. The number of aryl methyl sites for hydroxylation is 1. The number of benzene rings is 1. The predicted molar refractivity (Wildman–Crippen MR) is 115 cm³/mol. The zero-order valence-corrected chi connectivity index (χ0v) is 17.5. The maximum Gasteiger partial charge on any atom is 0.227 e. The number of hydrogen-bond acceptors (Lipinski definition) is 5. The van der Waals surface area contributed by atoms with Crippen LogP contribution in [0.5, 0.6) is 5.75 Å². The quantitative estimate of drug-likeness (QED) is 0.630. The third-order valence-electron chi connectivity index (χ3n) is 5.60. The molecule has 1 saturated heterocycles. The predicted octanol–water partition coefficient (Wildman–Crippen LogP) is 2.38. The number of piperazine rings is 1. The molecule has 0 radical (unpaired) electrons. The Morgan fingerprint density at radius 3 is 2.53 bits per heavy atom. The van der Waals surface area contributed by atoms with E-state index in [4.69, 9.17) is 4.74 Å². The average molecular weight is 406 g/mol. The van der Waals surface area contributed by atoms with Crippen molar-refractivity contribution >= 4 is 5.91 Å². The normalized spacial score (nSPS) is 14.7. The molecule has 30 heavy (non-hydrogen) atoms. The molecular formula is C23H27N5O2. The molecule has 7 heteroatoms. The number of para-hydroxylation sites is 1. The molecule has 0 bridgehead atoms. The molecule has 4 rings (SSSR count). The first-order valence-corrected chi connectivity index (χ1v) is 10.2. The number of carbonyl (C=O) groups excluding carboxylic acids is 1. The summed E-state index contributed by atoms with van der Waals surface area (Å²) in [6.45, 7) is 4.01. The molecule has 3 aromatic rings. The third kappa shape index (κ3) is 4.52. The SMILES string of the molecule is COc1ccccc1CC(=O)N1CCN(Cc2cc(-c3ccncc3)nn2C)CC1. The molecule has 1 aliphatic rings. The van der Waals surface area contributed by atoms with Gasteiger partial charge in [-0.3, -0.25) is 19.4 Å². The summed E-state index contributed by atoms with van der Waals surface area (Å²) in [5.74, 6) is 0.922. The zero-order valence-electron chi connectivity index (χ0n) is 17.5. The highest BCUT2D eigenvalue weighted by molar-refractivity contribution is 5.79. The molecule has 3 heterocycles. The minimum absolute atomic E-state index is 0.152. The fraction of sp³-hybridized carbons (Fsp3) is 0.348. The van der Waals surface area contributed by atoms with Gasteiger partial charge in [-0.15, -0.1) is 0 Å². The van der Waals surface area contributed by atoms with Crippen LogP contribution in [0.3, 0.4) is 0 Å². The van der Waals surface area contributed by atoms with E-state index in [-0.39, 0.29) is 5.91 Å². The Morgan fingerprint density at radius 2 is 1.80 bits per heavy atom. The first-order chi connectivity index (χ1) is 14.6. The molecule has 0 spiro atoms. The number of ether oxygens (including phenoxy) is 1. The van der Waals surface area contributed by atoms with Gasteiger partial charge in [-0.2, -0.15) is 5.10 Å². The number of methoxy groups -OCH3 is 1. The van der Waals surface area contributed by atoms with E-state index in [1.807, 2.05) is 53.0 Å². The smallest absolute Gasteiger partial charge is 0.227 e. The number of aromatic nitrogens is 3. The fourth-order valence-electron chi connectivity index (χ4n) is 3.83. The van der Waals surface area contributed by atoms with Gasteiger partial charge in [0.05, 0.1) is 24.9 Å². The maximum absolute atomic E-state index is 12.7. The van der Waals surface area contributed by atoms with E-state index in [2.05, 4.69) is 21.0 Å². The lowest BCUT2D eigenvalue weighted by Gasteiger charge is -2.34. The van der Waals surface area contributed by atoms with Crippen LogP contribution in [0.25, 0.3) is 11.3 Å². The first-order valence-electron chi connectivity index (χ1n) is 10.2. The molecule has 1 aromatic carbocycles. The number of amides is 1. The number of nitrogens with zero attached hydrogens (tertiary/aromatic N) is 5. The van der Waals surface area contributed by atoms with Crippen LogP contribution in [-0.4, -0.2) is 63.8 Å². The van der Waals surface area contributed by atoms with Crippen LogP contribution in [0.4, 0.5) is 0 Å². The molecule has 0 saturated carbocycles. The number of pyridine rings is 1. The van der Waals surface area contributed by atoms with Gasteiger partial charge < -0.3 is 9.64 Å². The highest BCUT2D eigenvalue weighted by Crippen LogP contribution is 2.21. The van der Waals surface area contributed by atoms with Crippen LogP contribution in [-0.2, 0) is 24.8 Å².